The largest absolute Gasteiger partial charge is 0.366 e. The molecule has 0 aromatic rings. The van der Waals surface area contributed by atoms with Crippen molar-refractivity contribution in [3.63, 3.8) is 0 Å². The summed E-state index contributed by atoms with van der Waals surface area (Å²) in [6, 6.07) is -2.48. The number of epoxide rings is 2. The third kappa shape index (κ3) is 5.37. The molecule has 6 N–H and O–H groups in total. The van der Waals surface area contributed by atoms with E-state index in [4.69, 9.17) is 19.9 Å². The second-order valence-corrected chi connectivity index (χ2v) is 16.1. The van der Waals surface area contributed by atoms with E-state index in [1.54, 1.807) is 0 Å². The molecule has 2 saturated heterocycles. The monoisotopic (exact) mass is 606 g/mol. The Kier molecular flexibility index (Phi) is 8.14. The molecule has 11 heteroatoms. The molecule has 43 heavy (non-hydrogen) atoms. The molecule has 7 rings (SSSR count). The molecule has 0 amide bonds. The molecule has 0 aromatic heterocycles. The van der Waals surface area contributed by atoms with E-state index in [1.807, 2.05) is 0 Å². The summed E-state index contributed by atoms with van der Waals surface area (Å²) >= 11 is 0. The van der Waals surface area contributed by atoms with E-state index in [2.05, 4.69) is 31.6 Å². The number of nitrogens with zero attached hydrogens (tertiary/aromatic N) is 1. The Bertz CT molecular complexity index is 1050. The van der Waals surface area contributed by atoms with Crippen LogP contribution in [0.25, 0.3) is 0 Å². The summed E-state index contributed by atoms with van der Waals surface area (Å²) in [5.41, 5.74) is 9.18. The molecule has 17 atom stereocenters. The van der Waals surface area contributed by atoms with E-state index >= 15 is 0 Å². The van der Waals surface area contributed by atoms with Gasteiger partial charge in [-0.2, -0.15) is 5.48 Å². The third-order valence-electron chi connectivity index (χ3n) is 14.2. The molecule has 16 unspecified atom stereocenters. The van der Waals surface area contributed by atoms with Gasteiger partial charge in [0, 0.05) is 17.4 Å². The Morgan fingerprint density at radius 2 is 1.81 bits per heavy atom. The number of rotatable bonds is 10. The molecule has 7 fully saturated rings. The molecule has 0 bridgehead atoms. The quantitative estimate of drug-likeness (QED) is 0.141. The highest BCUT2D eigenvalue weighted by atomic mass is 16.8. The van der Waals surface area contributed by atoms with Gasteiger partial charge in [0.25, 0.3) is 0 Å². The van der Waals surface area contributed by atoms with Crippen molar-refractivity contribution in [2.45, 2.75) is 153 Å². The van der Waals surface area contributed by atoms with Gasteiger partial charge < -0.3 is 30.3 Å². The summed E-state index contributed by atoms with van der Waals surface area (Å²) < 4.78 is 17.6. The maximum atomic E-state index is 11.3. The van der Waals surface area contributed by atoms with Crippen molar-refractivity contribution in [2.75, 3.05) is 0 Å². The van der Waals surface area contributed by atoms with Crippen molar-refractivity contribution in [2.24, 2.45) is 52.1 Å². The number of aliphatic hydroxyl groups excluding tert-OH is 1. The molecular formula is C32H54N4O7. The Morgan fingerprint density at radius 1 is 1.07 bits per heavy atom. The maximum Gasteiger partial charge on any atom is 0.229 e. The van der Waals surface area contributed by atoms with Gasteiger partial charge in [-0.3, -0.25) is 15.4 Å². The highest BCUT2D eigenvalue weighted by Gasteiger charge is 2.63. The lowest BCUT2D eigenvalue weighted by Crippen LogP contribution is -2.65. The predicted octanol–water partition coefficient (Wildman–Crippen LogP) is 3.53. The fraction of sp³-hybridized carbons (Fsp3) is 1.00. The summed E-state index contributed by atoms with van der Waals surface area (Å²) in [5.74, 6) is 4.63. The Labute approximate surface area is 255 Å². The van der Waals surface area contributed by atoms with Gasteiger partial charge in [0.1, 0.15) is 6.10 Å². The van der Waals surface area contributed by atoms with Gasteiger partial charge in [0.05, 0.1) is 18.2 Å². The van der Waals surface area contributed by atoms with E-state index in [0.29, 0.717) is 35.5 Å². The van der Waals surface area contributed by atoms with Crippen molar-refractivity contribution in [1.82, 2.24) is 10.8 Å². The van der Waals surface area contributed by atoms with Gasteiger partial charge in [0.15, 0.2) is 18.8 Å². The molecule has 11 nitrogen and oxygen atoms in total. The molecule has 5 saturated carbocycles. The Morgan fingerprint density at radius 3 is 2.53 bits per heavy atom. The highest BCUT2D eigenvalue weighted by molar-refractivity contribution is 5.12. The van der Waals surface area contributed by atoms with E-state index in [0.717, 1.165) is 49.4 Å². The van der Waals surface area contributed by atoms with Crippen molar-refractivity contribution in [3.8, 4) is 0 Å². The van der Waals surface area contributed by atoms with Crippen LogP contribution in [0.5, 0.6) is 0 Å². The topological polar surface area (TPSA) is 168 Å². The fourth-order valence-electron chi connectivity index (χ4n) is 11.6. The predicted molar refractivity (Wildman–Crippen MR) is 157 cm³/mol. The fourth-order valence-corrected chi connectivity index (χ4v) is 11.6. The first-order valence-corrected chi connectivity index (χ1v) is 17.2. The smallest absolute Gasteiger partial charge is 0.229 e. The molecule has 7 aliphatic rings. The number of nitrogens with two attached hydrogens (primary N) is 1. The van der Waals surface area contributed by atoms with Crippen LogP contribution < -0.4 is 16.5 Å². The van der Waals surface area contributed by atoms with Gasteiger partial charge in [-0.25, -0.2) is 0 Å². The third-order valence-corrected chi connectivity index (χ3v) is 14.2. The Hall–Kier alpha value is -0.920. The molecule has 2 aliphatic heterocycles. The van der Waals surface area contributed by atoms with Crippen LogP contribution in [0.3, 0.4) is 0 Å². The molecule has 5 aliphatic carbocycles. The first kappa shape index (κ1) is 30.7. The molecule has 0 aromatic carbocycles. The summed E-state index contributed by atoms with van der Waals surface area (Å²) in [7, 11) is 0. The molecule has 2 heterocycles. The maximum absolute atomic E-state index is 11.3. The lowest BCUT2D eigenvalue weighted by molar-refractivity contribution is -0.530. The second kappa shape index (κ2) is 11.4. The van der Waals surface area contributed by atoms with Gasteiger partial charge in [0.2, 0.25) is 6.04 Å². The average Bonchev–Trinajstić information content (AvgIpc) is 3.80. The number of hydrogen-bond donors (Lipinski definition) is 5. The van der Waals surface area contributed by atoms with Gasteiger partial charge in [-0.05, 0) is 117 Å². The number of hydroxylamine groups is 1. The number of ether oxygens (including phenoxy) is 3. The van der Waals surface area contributed by atoms with E-state index < -0.39 is 24.4 Å². The van der Waals surface area contributed by atoms with Crippen LogP contribution >= 0.6 is 0 Å². The minimum atomic E-state index is -0.865. The van der Waals surface area contributed by atoms with Crippen molar-refractivity contribution in [1.29, 1.82) is 0 Å². The number of nitro groups is 1. The second-order valence-electron chi connectivity index (χ2n) is 16.1. The van der Waals surface area contributed by atoms with Crippen LogP contribution in [-0.4, -0.2) is 70.4 Å². The zero-order valence-electron chi connectivity index (χ0n) is 26.1. The zero-order chi connectivity index (χ0) is 30.3. The van der Waals surface area contributed by atoms with Crippen LogP contribution in [0.15, 0.2) is 0 Å². The number of hydrogen-bond acceptors (Lipinski definition) is 10. The first-order chi connectivity index (χ1) is 20.5. The van der Waals surface area contributed by atoms with Crippen LogP contribution in [0.2, 0.25) is 0 Å². The van der Waals surface area contributed by atoms with Crippen LogP contribution in [0.4, 0.5) is 0 Å². The number of fused-ring (bicyclic) bond motifs is 5. The van der Waals surface area contributed by atoms with Crippen LogP contribution in [-0.2, 0) is 14.2 Å². The number of aliphatic hydroxyl groups is 1. The van der Waals surface area contributed by atoms with E-state index in [9.17, 15) is 20.4 Å². The van der Waals surface area contributed by atoms with Crippen molar-refractivity contribution >= 4 is 0 Å². The summed E-state index contributed by atoms with van der Waals surface area (Å²) in [4.78, 5) is 11.0. The average molecular weight is 607 g/mol. The van der Waals surface area contributed by atoms with Crippen molar-refractivity contribution in [3.05, 3.63) is 10.1 Å². The van der Waals surface area contributed by atoms with Crippen LogP contribution in [0, 0.1) is 56.5 Å². The zero-order valence-corrected chi connectivity index (χ0v) is 26.1. The lowest BCUT2D eigenvalue weighted by atomic mass is 9.53. The van der Waals surface area contributed by atoms with E-state index in [1.165, 1.54) is 38.5 Å². The van der Waals surface area contributed by atoms with Crippen LogP contribution in [0.1, 0.15) is 97.8 Å². The van der Waals surface area contributed by atoms with Gasteiger partial charge in [-0.15, -0.1) is 0 Å². The summed E-state index contributed by atoms with van der Waals surface area (Å²) in [5, 5.41) is 34.0. The Balaban J connectivity index is 0.925. The first-order valence-electron chi connectivity index (χ1n) is 17.2. The summed E-state index contributed by atoms with van der Waals surface area (Å²) in [6.45, 7) is 7.65. The minimum Gasteiger partial charge on any atom is -0.366 e. The SMILES string of the molecule is CC(CCC1OC1O)C1CCC2C3CC4CC(OC5OC5NC5CCC([N+](=O)[O-])C(N)C5NO)CCC4(C)C3CC[C@@]12C. The minimum absolute atomic E-state index is 0.0758. The molecule has 244 valence electrons. The molecule has 0 radical (unpaired) electrons. The molecule has 0 spiro atoms. The normalized spacial score (nSPS) is 54.4. The molecular weight excluding hydrogens is 552 g/mol. The van der Waals surface area contributed by atoms with Gasteiger partial charge in [-0.1, -0.05) is 20.8 Å². The lowest BCUT2D eigenvalue weighted by Gasteiger charge is -2.52. The van der Waals surface area contributed by atoms with Gasteiger partial charge >= 0.3 is 0 Å². The van der Waals surface area contributed by atoms with Crippen molar-refractivity contribution < 1.29 is 29.4 Å². The van der Waals surface area contributed by atoms with E-state index in [-0.39, 0.29) is 35.7 Å². The number of nitrogens with one attached hydrogen (secondary N) is 2. The highest BCUT2D eigenvalue weighted by Crippen LogP contribution is 2.70. The standard InChI is InChI=1S/C32H54N4O7/c1-16(4-9-25-29(37)42-25)20-5-6-21-19-15-17-14-18(10-12-31(17,2)22(19)11-13-32(20,21)3)41-30-28(43-30)34-23-7-8-24(36(39)40)26(33)27(23)35-38/h16-30,34-35,37-38H,4-15,33H2,1-3H3/t16?,17?,18?,19?,20?,21?,22?,23?,24?,25?,26?,27?,28?,29?,30?,31?,32-/m0/s1. The summed E-state index contributed by atoms with van der Waals surface area (Å²) in [6.07, 6.45) is 12.4.